The minimum absolute atomic E-state index is 0.108. The zero-order chi connectivity index (χ0) is 12.5. The molecule has 0 aliphatic carbocycles. The average Bonchev–Trinajstić information content (AvgIpc) is 2.35. The SMILES string of the molecule is C=CCCC(C)NC(=O)OCc1ccccc1. The van der Waals surface area contributed by atoms with Crippen molar-refractivity contribution in [2.24, 2.45) is 0 Å². The second-order valence-corrected chi connectivity index (χ2v) is 3.97. The molecular weight excluding hydrogens is 214 g/mol. The minimum atomic E-state index is -0.370. The third kappa shape index (κ3) is 5.76. The fraction of sp³-hybridized carbons (Fsp3) is 0.357. The summed E-state index contributed by atoms with van der Waals surface area (Å²) in [5.74, 6) is 0. The van der Waals surface area contributed by atoms with E-state index in [1.54, 1.807) is 0 Å². The molecule has 1 N–H and O–H groups in total. The van der Waals surface area contributed by atoms with Gasteiger partial charge in [-0.25, -0.2) is 4.79 Å². The maximum absolute atomic E-state index is 11.4. The zero-order valence-electron chi connectivity index (χ0n) is 10.2. The largest absolute Gasteiger partial charge is 0.445 e. The van der Waals surface area contributed by atoms with Crippen LogP contribution in [0.1, 0.15) is 25.3 Å². The lowest BCUT2D eigenvalue weighted by molar-refractivity contribution is 0.136. The molecule has 1 aromatic rings. The third-order valence-corrected chi connectivity index (χ3v) is 2.38. The van der Waals surface area contributed by atoms with Gasteiger partial charge < -0.3 is 10.1 Å². The second-order valence-electron chi connectivity index (χ2n) is 3.97. The van der Waals surface area contributed by atoms with E-state index in [-0.39, 0.29) is 12.1 Å². The Hall–Kier alpha value is -1.77. The minimum Gasteiger partial charge on any atom is -0.445 e. The molecule has 0 aliphatic heterocycles. The molecule has 17 heavy (non-hydrogen) atoms. The van der Waals surface area contributed by atoms with Gasteiger partial charge in [0.05, 0.1) is 0 Å². The van der Waals surface area contributed by atoms with E-state index in [1.165, 1.54) is 0 Å². The molecule has 0 aliphatic rings. The van der Waals surface area contributed by atoms with E-state index in [2.05, 4.69) is 11.9 Å². The van der Waals surface area contributed by atoms with Gasteiger partial charge in [-0.3, -0.25) is 0 Å². The number of hydrogen-bond acceptors (Lipinski definition) is 2. The summed E-state index contributed by atoms with van der Waals surface area (Å²) < 4.78 is 5.10. The Bertz CT molecular complexity index is 348. The van der Waals surface area contributed by atoms with Gasteiger partial charge in [-0.15, -0.1) is 6.58 Å². The number of hydrogen-bond donors (Lipinski definition) is 1. The van der Waals surface area contributed by atoms with Crippen molar-refractivity contribution >= 4 is 6.09 Å². The first kappa shape index (κ1) is 13.3. The smallest absolute Gasteiger partial charge is 0.407 e. The van der Waals surface area contributed by atoms with E-state index >= 15 is 0 Å². The maximum atomic E-state index is 11.4. The predicted molar refractivity (Wildman–Crippen MR) is 68.7 cm³/mol. The molecule has 92 valence electrons. The quantitative estimate of drug-likeness (QED) is 0.766. The highest BCUT2D eigenvalue weighted by atomic mass is 16.5. The highest BCUT2D eigenvalue weighted by molar-refractivity contribution is 5.67. The van der Waals surface area contributed by atoms with Crippen LogP contribution < -0.4 is 5.32 Å². The lowest BCUT2D eigenvalue weighted by atomic mass is 10.2. The van der Waals surface area contributed by atoms with Crippen molar-refractivity contribution in [3.05, 3.63) is 48.6 Å². The van der Waals surface area contributed by atoms with Gasteiger partial charge in [-0.2, -0.15) is 0 Å². The Labute approximate surface area is 102 Å². The van der Waals surface area contributed by atoms with Crippen LogP contribution in [0.2, 0.25) is 0 Å². The van der Waals surface area contributed by atoms with Crippen LogP contribution in [0.5, 0.6) is 0 Å². The number of allylic oxidation sites excluding steroid dienone is 1. The summed E-state index contributed by atoms with van der Waals surface area (Å²) in [6, 6.07) is 9.73. The van der Waals surface area contributed by atoms with E-state index in [0.29, 0.717) is 6.61 Å². The molecule has 1 atom stereocenters. The van der Waals surface area contributed by atoms with Crippen molar-refractivity contribution in [3.63, 3.8) is 0 Å². The van der Waals surface area contributed by atoms with Crippen LogP contribution in [0.3, 0.4) is 0 Å². The molecule has 1 unspecified atom stereocenters. The monoisotopic (exact) mass is 233 g/mol. The number of carbonyl (C=O) groups is 1. The maximum Gasteiger partial charge on any atom is 0.407 e. The molecule has 0 spiro atoms. The van der Waals surface area contributed by atoms with Gasteiger partial charge in [0.15, 0.2) is 0 Å². The first-order valence-corrected chi connectivity index (χ1v) is 5.80. The first-order valence-electron chi connectivity index (χ1n) is 5.80. The molecule has 0 saturated heterocycles. The molecule has 3 nitrogen and oxygen atoms in total. The highest BCUT2D eigenvalue weighted by Crippen LogP contribution is 2.02. The van der Waals surface area contributed by atoms with Gasteiger partial charge in [-0.05, 0) is 25.3 Å². The topological polar surface area (TPSA) is 38.3 Å². The van der Waals surface area contributed by atoms with Crippen molar-refractivity contribution in [3.8, 4) is 0 Å². The number of benzene rings is 1. The second kappa shape index (κ2) is 7.49. The summed E-state index contributed by atoms with van der Waals surface area (Å²) >= 11 is 0. The van der Waals surface area contributed by atoms with E-state index in [0.717, 1.165) is 18.4 Å². The summed E-state index contributed by atoms with van der Waals surface area (Å²) in [4.78, 5) is 11.4. The van der Waals surface area contributed by atoms with Crippen LogP contribution in [0.25, 0.3) is 0 Å². The number of carbonyl (C=O) groups excluding carboxylic acids is 1. The van der Waals surface area contributed by atoms with Crippen molar-refractivity contribution < 1.29 is 9.53 Å². The molecular formula is C14H19NO2. The molecule has 0 saturated carbocycles. The van der Waals surface area contributed by atoms with Crippen LogP contribution >= 0.6 is 0 Å². The van der Waals surface area contributed by atoms with Crippen LogP contribution in [0.4, 0.5) is 4.79 Å². The van der Waals surface area contributed by atoms with Crippen LogP contribution in [-0.4, -0.2) is 12.1 Å². The number of nitrogens with one attached hydrogen (secondary N) is 1. The van der Waals surface area contributed by atoms with E-state index in [9.17, 15) is 4.79 Å². The van der Waals surface area contributed by atoms with Gasteiger partial charge in [-0.1, -0.05) is 36.4 Å². The Morgan fingerprint density at radius 2 is 2.18 bits per heavy atom. The molecule has 0 fully saturated rings. The van der Waals surface area contributed by atoms with Gasteiger partial charge >= 0.3 is 6.09 Å². The fourth-order valence-electron chi connectivity index (χ4n) is 1.41. The lowest BCUT2D eigenvalue weighted by Crippen LogP contribution is -2.32. The Morgan fingerprint density at radius 1 is 1.47 bits per heavy atom. The summed E-state index contributed by atoms with van der Waals surface area (Å²) in [6.07, 6.45) is 3.24. The van der Waals surface area contributed by atoms with E-state index in [4.69, 9.17) is 4.74 Å². The molecule has 0 radical (unpaired) electrons. The molecule has 3 heteroatoms. The summed E-state index contributed by atoms with van der Waals surface area (Å²) in [6.45, 7) is 5.90. The summed E-state index contributed by atoms with van der Waals surface area (Å²) in [7, 11) is 0. The van der Waals surface area contributed by atoms with Gasteiger partial charge in [0.2, 0.25) is 0 Å². The normalized spacial score (nSPS) is 11.6. The molecule has 0 heterocycles. The van der Waals surface area contributed by atoms with Gasteiger partial charge in [0, 0.05) is 6.04 Å². The lowest BCUT2D eigenvalue weighted by Gasteiger charge is -2.12. The molecule has 1 aromatic carbocycles. The van der Waals surface area contributed by atoms with Crippen molar-refractivity contribution in [2.45, 2.75) is 32.4 Å². The number of ether oxygens (including phenoxy) is 1. The number of amides is 1. The molecule has 1 amide bonds. The molecule has 0 aromatic heterocycles. The van der Waals surface area contributed by atoms with E-state index in [1.807, 2.05) is 43.3 Å². The molecule has 0 bridgehead atoms. The van der Waals surface area contributed by atoms with Crippen LogP contribution in [-0.2, 0) is 11.3 Å². The fourth-order valence-corrected chi connectivity index (χ4v) is 1.41. The first-order chi connectivity index (χ1) is 8.22. The molecule has 1 rings (SSSR count). The van der Waals surface area contributed by atoms with Crippen LogP contribution in [0, 0.1) is 0 Å². The summed E-state index contributed by atoms with van der Waals surface area (Å²) in [5.41, 5.74) is 0.987. The Morgan fingerprint density at radius 3 is 2.82 bits per heavy atom. The van der Waals surface area contributed by atoms with Crippen LogP contribution in [0.15, 0.2) is 43.0 Å². The zero-order valence-corrected chi connectivity index (χ0v) is 10.2. The van der Waals surface area contributed by atoms with Crippen molar-refractivity contribution in [2.75, 3.05) is 0 Å². The Balaban J connectivity index is 2.23. The Kier molecular flexibility index (Phi) is 5.86. The third-order valence-electron chi connectivity index (χ3n) is 2.38. The standard InChI is InChI=1S/C14H19NO2/c1-3-4-8-12(2)15-14(16)17-11-13-9-6-5-7-10-13/h3,5-7,9-10,12H,1,4,8,11H2,2H3,(H,15,16). The van der Waals surface area contributed by atoms with Crippen molar-refractivity contribution in [1.82, 2.24) is 5.32 Å². The predicted octanol–water partition coefficient (Wildman–Crippen LogP) is 3.27. The van der Waals surface area contributed by atoms with Gasteiger partial charge in [0.1, 0.15) is 6.61 Å². The summed E-state index contributed by atoms with van der Waals surface area (Å²) in [5, 5.41) is 2.78. The number of alkyl carbamates (subject to hydrolysis) is 1. The highest BCUT2D eigenvalue weighted by Gasteiger charge is 2.07. The van der Waals surface area contributed by atoms with E-state index < -0.39 is 0 Å². The van der Waals surface area contributed by atoms with Gasteiger partial charge in [0.25, 0.3) is 0 Å². The average molecular weight is 233 g/mol. The van der Waals surface area contributed by atoms with Crippen molar-refractivity contribution in [1.29, 1.82) is 0 Å². The number of rotatable bonds is 6.